The molecule has 5 heteroatoms. The Kier molecular flexibility index (Phi) is 5.83. The third-order valence-corrected chi connectivity index (χ3v) is 2.41. The van der Waals surface area contributed by atoms with E-state index in [1.807, 2.05) is 15.7 Å². The van der Waals surface area contributed by atoms with Crippen LogP contribution in [0.1, 0.15) is 12.8 Å². The number of aromatic nitrogens is 2. The quantitative estimate of drug-likeness (QED) is 0.673. The molecule has 1 aromatic heterocycles. The summed E-state index contributed by atoms with van der Waals surface area (Å²) in [5.74, 6) is 1.76. The van der Waals surface area contributed by atoms with Gasteiger partial charge in [0.15, 0.2) is 0 Å². The van der Waals surface area contributed by atoms with Crippen molar-refractivity contribution in [1.82, 2.24) is 14.5 Å². The molecule has 0 saturated heterocycles. The Morgan fingerprint density at radius 1 is 1.53 bits per heavy atom. The average Bonchev–Trinajstić information content (AvgIpc) is 2.78. The topological polar surface area (TPSA) is 58.4 Å². The van der Waals surface area contributed by atoms with Crippen molar-refractivity contribution >= 4 is 5.97 Å². The minimum absolute atomic E-state index is 0.132. The lowest BCUT2D eigenvalue weighted by atomic mass is 10.3. The summed E-state index contributed by atoms with van der Waals surface area (Å²) in [7, 11) is 0. The second-order valence-corrected chi connectivity index (χ2v) is 3.78. The number of imidazole rings is 1. The van der Waals surface area contributed by atoms with Gasteiger partial charge in [-0.15, -0.1) is 6.42 Å². The molecule has 0 spiro atoms. The summed E-state index contributed by atoms with van der Waals surface area (Å²) < 4.78 is 1.99. The molecule has 0 aliphatic heterocycles. The van der Waals surface area contributed by atoms with E-state index in [-0.39, 0.29) is 6.42 Å². The molecule has 1 aromatic rings. The molecule has 1 N–H and O–H groups in total. The molecule has 0 bridgehead atoms. The Bertz CT molecular complexity index is 368. The summed E-state index contributed by atoms with van der Waals surface area (Å²) in [6.07, 6.45) is 11.7. The Balaban J connectivity index is 2.24. The lowest BCUT2D eigenvalue weighted by Crippen LogP contribution is -2.28. The maximum absolute atomic E-state index is 10.5. The number of rotatable bonds is 8. The van der Waals surface area contributed by atoms with Gasteiger partial charge in [-0.1, -0.05) is 5.92 Å². The van der Waals surface area contributed by atoms with E-state index in [1.54, 1.807) is 12.5 Å². The second kappa shape index (κ2) is 7.47. The molecule has 1 heterocycles. The molecule has 0 aromatic carbocycles. The fourth-order valence-electron chi connectivity index (χ4n) is 1.55. The third-order valence-electron chi connectivity index (χ3n) is 2.41. The zero-order valence-corrected chi connectivity index (χ0v) is 9.75. The smallest absolute Gasteiger partial charge is 0.304 e. The number of nitrogens with zero attached hydrogens (tertiary/aromatic N) is 3. The first-order chi connectivity index (χ1) is 8.22. The van der Waals surface area contributed by atoms with Crippen molar-refractivity contribution in [2.24, 2.45) is 0 Å². The van der Waals surface area contributed by atoms with Gasteiger partial charge in [-0.3, -0.25) is 9.69 Å². The number of terminal acetylenes is 1. The van der Waals surface area contributed by atoms with Gasteiger partial charge in [-0.05, 0) is 6.42 Å². The number of hydrogen-bond donors (Lipinski definition) is 1. The van der Waals surface area contributed by atoms with Crippen molar-refractivity contribution in [3.8, 4) is 12.3 Å². The monoisotopic (exact) mass is 235 g/mol. The van der Waals surface area contributed by atoms with Gasteiger partial charge in [0.05, 0.1) is 19.3 Å². The van der Waals surface area contributed by atoms with Crippen molar-refractivity contribution in [3.63, 3.8) is 0 Å². The van der Waals surface area contributed by atoms with E-state index in [4.69, 9.17) is 11.5 Å². The van der Waals surface area contributed by atoms with Crippen LogP contribution in [0.4, 0.5) is 0 Å². The van der Waals surface area contributed by atoms with Crippen LogP contribution in [0.5, 0.6) is 0 Å². The van der Waals surface area contributed by atoms with Gasteiger partial charge < -0.3 is 9.67 Å². The predicted molar refractivity (Wildman–Crippen MR) is 64.4 cm³/mol. The van der Waals surface area contributed by atoms with E-state index in [9.17, 15) is 4.79 Å². The van der Waals surface area contributed by atoms with E-state index < -0.39 is 5.97 Å². The molecule has 0 fully saturated rings. The molecule has 0 unspecified atom stereocenters. The molecule has 0 amide bonds. The van der Waals surface area contributed by atoms with E-state index in [2.05, 4.69) is 10.9 Å². The van der Waals surface area contributed by atoms with Crippen LogP contribution >= 0.6 is 0 Å². The predicted octanol–water partition coefficient (Wildman–Crippen LogP) is 0.683. The molecule has 17 heavy (non-hydrogen) atoms. The van der Waals surface area contributed by atoms with Crippen molar-refractivity contribution < 1.29 is 9.90 Å². The standard InChI is InChI=1S/C12H17N3O2/c1-2-6-14(9-4-12(16)17)7-3-8-15-10-5-13-11-15/h1,5,10-11H,3-4,6-9H2,(H,16,17). The second-order valence-electron chi connectivity index (χ2n) is 3.78. The first kappa shape index (κ1) is 13.3. The summed E-state index contributed by atoms with van der Waals surface area (Å²) >= 11 is 0. The molecule has 1 rings (SSSR count). The summed E-state index contributed by atoms with van der Waals surface area (Å²) in [5.41, 5.74) is 0. The normalized spacial score (nSPS) is 10.4. The van der Waals surface area contributed by atoms with Crippen LogP contribution < -0.4 is 0 Å². The summed E-state index contributed by atoms with van der Waals surface area (Å²) in [4.78, 5) is 16.4. The molecule has 0 atom stereocenters. The molecular weight excluding hydrogens is 218 g/mol. The van der Waals surface area contributed by atoms with Gasteiger partial charge in [0.2, 0.25) is 0 Å². The summed E-state index contributed by atoms with van der Waals surface area (Å²) in [6, 6.07) is 0. The highest BCUT2D eigenvalue weighted by molar-refractivity contribution is 5.66. The third kappa shape index (κ3) is 5.73. The molecular formula is C12H17N3O2. The fraction of sp³-hybridized carbons (Fsp3) is 0.500. The number of carboxylic acids is 1. The Labute approximate surface area is 101 Å². The highest BCUT2D eigenvalue weighted by Gasteiger charge is 2.05. The minimum Gasteiger partial charge on any atom is -0.481 e. The van der Waals surface area contributed by atoms with E-state index in [0.29, 0.717) is 13.1 Å². The zero-order chi connectivity index (χ0) is 12.5. The number of carboxylic acid groups (broad SMARTS) is 1. The first-order valence-electron chi connectivity index (χ1n) is 5.55. The summed E-state index contributed by atoms with van der Waals surface area (Å²) in [5, 5.41) is 8.62. The first-order valence-corrected chi connectivity index (χ1v) is 5.55. The van der Waals surface area contributed by atoms with E-state index >= 15 is 0 Å². The number of hydrogen-bond acceptors (Lipinski definition) is 3. The molecule has 0 radical (unpaired) electrons. The molecule has 0 aliphatic rings. The molecule has 92 valence electrons. The van der Waals surface area contributed by atoms with Gasteiger partial charge in [-0.25, -0.2) is 4.98 Å². The van der Waals surface area contributed by atoms with E-state index in [0.717, 1.165) is 19.5 Å². The van der Waals surface area contributed by atoms with Crippen LogP contribution in [-0.4, -0.2) is 45.2 Å². The SMILES string of the molecule is C#CCN(CCCn1ccnc1)CCC(=O)O. The Morgan fingerprint density at radius 2 is 2.35 bits per heavy atom. The van der Waals surface area contributed by atoms with Crippen molar-refractivity contribution in [1.29, 1.82) is 0 Å². The lowest BCUT2D eigenvalue weighted by Gasteiger charge is -2.18. The molecule has 5 nitrogen and oxygen atoms in total. The molecule has 0 aliphatic carbocycles. The van der Waals surface area contributed by atoms with Crippen molar-refractivity contribution in [2.45, 2.75) is 19.4 Å². The maximum Gasteiger partial charge on any atom is 0.304 e. The average molecular weight is 235 g/mol. The van der Waals surface area contributed by atoms with Gasteiger partial charge in [0.1, 0.15) is 0 Å². The highest BCUT2D eigenvalue weighted by atomic mass is 16.4. The van der Waals surface area contributed by atoms with Crippen LogP contribution in [0.25, 0.3) is 0 Å². The van der Waals surface area contributed by atoms with Gasteiger partial charge in [0, 0.05) is 32.0 Å². The Hall–Kier alpha value is -1.80. The van der Waals surface area contributed by atoms with Gasteiger partial charge >= 0.3 is 5.97 Å². The highest BCUT2D eigenvalue weighted by Crippen LogP contribution is 1.97. The van der Waals surface area contributed by atoms with Crippen LogP contribution in [0.3, 0.4) is 0 Å². The lowest BCUT2D eigenvalue weighted by molar-refractivity contribution is -0.137. The van der Waals surface area contributed by atoms with Crippen LogP contribution in [0.15, 0.2) is 18.7 Å². The Morgan fingerprint density at radius 3 is 2.94 bits per heavy atom. The zero-order valence-electron chi connectivity index (χ0n) is 9.75. The van der Waals surface area contributed by atoms with Crippen LogP contribution in [0, 0.1) is 12.3 Å². The maximum atomic E-state index is 10.5. The van der Waals surface area contributed by atoms with Crippen molar-refractivity contribution in [3.05, 3.63) is 18.7 Å². The fourth-order valence-corrected chi connectivity index (χ4v) is 1.55. The summed E-state index contributed by atoms with van der Waals surface area (Å²) in [6.45, 7) is 2.67. The minimum atomic E-state index is -0.790. The number of carbonyl (C=O) groups is 1. The largest absolute Gasteiger partial charge is 0.481 e. The van der Waals surface area contributed by atoms with Gasteiger partial charge in [0.25, 0.3) is 0 Å². The number of aryl methyl sites for hydroxylation is 1. The van der Waals surface area contributed by atoms with Crippen molar-refractivity contribution in [2.75, 3.05) is 19.6 Å². The van der Waals surface area contributed by atoms with Crippen LogP contribution in [-0.2, 0) is 11.3 Å². The van der Waals surface area contributed by atoms with Crippen LogP contribution in [0.2, 0.25) is 0 Å². The van der Waals surface area contributed by atoms with E-state index in [1.165, 1.54) is 0 Å². The number of aliphatic carboxylic acids is 1. The molecule has 0 saturated carbocycles. The van der Waals surface area contributed by atoms with Gasteiger partial charge in [-0.2, -0.15) is 0 Å².